The lowest BCUT2D eigenvalue weighted by Gasteiger charge is -2.26. The molecule has 0 aromatic heterocycles. The van der Waals surface area contributed by atoms with Crippen LogP contribution in [0.5, 0.6) is 5.75 Å². The molecular weight excluding hydrogens is 481 g/mol. The number of urea groups is 1. The Labute approximate surface area is 202 Å². The molecule has 0 radical (unpaired) electrons. The van der Waals surface area contributed by atoms with Crippen LogP contribution < -0.4 is 15.0 Å². The first-order valence-electron chi connectivity index (χ1n) is 10.1. The molecule has 1 fully saturated rings. The van der Waals surface area contributed by atoms with Crippen molar-refractivity contribution in [3.63, 3.8) is 0 Å². The van der Waals surface area contributed by atoms with Crippen molar-refractivity contribution in [3.05, 3.63) is 104 Å². The van der Waals surface area contributed by atoms with Crippen LogP contribution in [0.2, 0.25) is 5.02 Å². The van der Waals surface area contributed by atoms with E-state index in [-0.39, 0.29) is 28.6 Å². The number of nitro benzene ring substituents is 1. The number of carbonyl (C=O) groups excluding carboxylic acids is 3. The normalized spacial score (nSPS) is 14.7. The minimum absolute atomic E-state index is 0.0410. The summed E-state index contributed by atoms with van der Waals surface area (Å²) in [5.41, 5.74) is 0.324. The number of hydrogen-bond acceptors (Lipinski definition) is 6. The average Bonchev–Trinajstić information content (AvgIpc) is 2.82. The van der Waals surface area contributed by atoms with Crippen LogP contribution in [-0.4, -0.2) is 22.8 Å². The Morgan fingerprint density at radius 3 is 2.43 bits per heavy atom. The first-order valence-corrected chi connectivity index (χ1v) is 10.4. The van der Waals surface area contributed by atoms with Gasteiger partial charge in [0.1, 0.15) is 23.7 Å². The summed E-state index contributed by atoms with van der Waals surface area (Å²) >= 11 is 6.28. The number of nitrogens with zero attached hydrogens (tertiary/aromatic N) is 2. The zero-order valence-electron chi connectivity index (χ0n) is 17.7. The largest absolute Gasteiger partial charge is 0.487 e. The SMILES string of the molecule is O=C1NC(=O)N(c2ccccc2F)C(=O)C1=Cc1ccc(OCc2ccc([N+](=O)[O-])cc2)c(Cl)c1. The maximum Gasteiger partial charge on any atom is 0.336 e. The van der Waals surface area contributed by atoms with Crippen LogP contribution in [0.15, 0.2) is 72.3 Å². The molecule has 0 unspecified atom stereocenters. The van der Waals surface area contributed by atoms with Crippen molar-refractivity contribution in [1.29, 1.82) is 0 Å². The van der Waals surface area contributed by atoms with Crippen LogP contribution in [0.1, 0.15) is 11.1 Å². The van der Waals surface area contributed by atoms with Gasteiger partial charge in [0.2, 0.25) is 0 Å². The van der Waals surface area contributed by atoms with Gasteiger partial charge in [0.25, 0.3) is 17.5 Å². The quantitative estimate of drug-likeness (QED) is 0.230. The summed E-state index contributed by atoms with van der Waals surface area (Å²) in [6, 6.07) is 14.5. The van der Waals surface area contributed by atoms with Crippen LogP contribution in [0.4, 0.5) is 20.6 Å². The van der Waals surface area contributed by atoms with Gasteiger partial charge in [-0.3, -0.25) is 25.0 Å². The molecule has 0 spiro atoms. The fourth-order valence-corrected chi connectivity index (χ4v) is 3.52. The van der Waals surface area contributed by atoms with Crippen LogP contribution in [0.3, 0.4) is 0 Å². The maximum atomic E-state index is 14.2. The average molecular weight is 496 g/mol. The lowest BCUT2D eigenvalue weighted by molar-refractivity contribution is -0.384. The molecule has 3 aromatic carbocycles. The molecule has 35 heavy (non-hydrogen) atoms. The highest BCUT2D eigenvalue weighted by Crippen LogP contribution is 2.29. The zero-order chi connectivity index (χ0) is 25.1. The number of barbiturate groups is 1. The van der Waals surface area contributed by atoms with E-state index in [9.17, 15) is 28.9 Å². The second-order valence-electron chi connectivity index (χ2n) is 7.31. The molecular formula is C24H15ClFN3O6. The topological polar surface area (TPSA) is 119 Å². The van der Waals surface area contributed by atoms with E-state index in [2.05, 4.69) is 0 Å². The molecule has 4 amide bonds. The molecule has 0 atom stereocenters. The highest BCUT2D eigenvalue weighted by atomic mass is 35.5. The van der Waals surface area contributed by atoms with Gasteiger partial charge in [-0.1, -0.05) is 29.8 Å². The second kappa shape index (κ2) is 9.74. The van der Waals surface area contributed by atoms with E-state index in [1.807, 2.05) is 5.32 Å². The predicted molar refractivity (Wildman–Crippen MR) is 124 cm³/mol. The fraction of sp³-hybridized carbons (Fsp3) is 0.0417. The molecule has 1 saturated heterocycles. The van der Waals surface area contributed by atoms with Crippen LogP contribution >= 0.6 is 11.6 Å². The van der Waals surface area contributed by atoms with E-state index in [0.717, 1.165) is 6.07 Å². The van der Waals surface area contributed by atoms with Gasteiger partial charge < -0.3 is 4.74 Å². The van der Waals surface area contributed by atoms with Crippen molar-refractivity contribution >= 4 is 46.9 Å². The fourth-order valence-electron chi connectivity index (χ4n) is 3.27. The van der Waals surface area contributed by atoms with E-state index in [4.69, 9.17) is 16.3 Å². The van der Waals surface area contributed by atoms with Gasteiger partial charge in [0.05, 0.1) is 15.6 Å². The Balaban J connectivity index is 1.53. The number of rotatable bonds is 6. The van der Waals surface area contributed by atoms with E-state index < -0.39 is 28.6 Å². The number of anilines is 1. The van der Waals surface area contributed by atoms with Crippen molar-refractivity contribution < 1.29 is 28.4 Å². The van der Waals surface area contributed by atoms with Crippen molar-refractivity contribution in [1.82, 2.24) is 5.32 Å². The van der Waals surface area contributed by atoms with Gasteiger partial charge in [-0.05, 0) is 53.6 Å². The summed E-state index contributed by atoms with van der Waals surface area (Å²) < 4.78 is 19.8. The summed E-state index contributed by atoms with van der Waals surface area (Å²) in [6.07, 6.45) is 1.23. The molecule has 1 aliphatic rings. The monoisotopic (exact) mass is 495 g/mol. The minimum Gasteiger partial charge on any atom is -0.487 e. The zero-order valence-corrected chi connectivity index (χ0v) is 18.5. The van der Waals surface area contributed by atoms with Crippen LogP contribution in [-0.2, 0) is 16.2 Å². The van der Waals surface area contributed by atoms with Crippen molar-refractivity contribution in [2.45, 2.75) is 6.61 Å². The third-order valence-corrected chi connectivity index (χ3v) is 5.30. The van der Waals surface area contributed by atoms with E-state index in [1.54, 1.807) is 12.1 Å². The smallest absolute Gasteiger partial charge is 0.336 e. The summed E-state index contributed by atoms with van der Waals surface area (Å²) in [5, 5.41) is 12.9. The Morgan fingerprint density at radius 2 is 1.77 bits per heavy atom. The van der Waals surface area contributed by atoms with Gasteiger partial charge >= 0.3 is 6.03 Å². The molecule has 176 valence electrons. The number of ether oxygens (including phenoxy) is 1. The van der Waals surface area contributed by atoms with Gasteiger partial charge in [-0.15, -0.1) is 0 Å². The summed E-state index contributed by atoms with van der Waals surface area (Å²) in [5.74, 6) is -2.42. The minimum atomic E-state index is -1.06. The number of non-ortho nitro benzene ring substituents is 1. The number of amides is 4. The summed E-state index contributed by atoms with van der Waals surface area (Å²) in [4.78, 5) is 48.2. The Kier molecular flexibility index (Phi) is 6.56. The van der Waals surface area contributed by atoms with E-state index >= 15 is 0 Å². The van der Waals surface area contributed by atoms with Crippen LogP contribution in [0, 0.1) is 15.9 Å². The Morgan fingerprint density at radius 1 is 1.06 bits per heavy atom. The molecule has 3 aromatic rings. The predicted octanol–water partition coefficient (Wildman–Crippen LogP) is 4.63. The third-order valence-electron chi connectivity index (χ3n) is 5.00. The number of carbonyl (C=O) groups is 3. The van der Waals surface area contributed by atoms with Gasteiger partial charge in [-0.25, -0.2) is 14.1 Å². The maximum absolute atomic E-state index is 14.2. The molecule has 1 heterocycles. The lowest BCUT2D eigenvalue weighted by Crippen LogP contribution is -2.54. The second-order valence-corrected chi connectivity index (χ2v) is 7.72. The van der Waals surface area contributed by atoms with Crippen molar-refractivity contribution in [3.8, 4) is 5.75 Å². The van der Waals surface area contributed by atoms with Crippen molar-refractivity contribution in [2.75, 3.05) is 4.90 Å². The number of imide groups is 2. The van der Waals surface area contributed by atoms with Gasteiger partial charge in [0, 0.05) is 12.1 Å². The molecule has 0 bridgehead atoms. The summed E-state index contributed by atoms with van der Waals surface area (Å²) in [6.45, 7) is 0.0960. The van der Waals surface area contributed by atoms with Crippen LogP contribution in [0.25, 0.3) is 6.08 Å². The van der Waals surface area contributed by atoms with Gasteiger partial charge in [-0.2, -0.15) is 0 Å². The highest BCUT2D eigenvalue weighted by molar-refractivity contribution is 6.39. The molecule has 4 rings (SSSR count). The van der Waals surface area contributed by atoms with Gasteiger partial charge in [0.15, 0.2) is 0 Å². The van der Waals surface area contributed by atoms with E-state index in [0.29, 0.717) is 21.8 Å². The molecule has 1 N–H and O–H groups in total. The standard InChI is InChI=1S/C24H15ClFN3O6/c25-18-12-15(7-10-21(18)35-13-14-5-8-16(9-6-14)29(33)34)11-17-22(30)27-24(32)28(23(17)31)20-4-2-1-3-19(20)26/h1-12H,13H2,(H,27,30,32). The molecule has 11 heteroatoms. The molecule has 1 aliphatic heterocycles. The lowest BCUT2D eigenvalue weighted by atomic mass is 10.1. The first-order chi connectivity index (χ1) is 16.7. The Hall–Kier alpha value is -4.57. The molecule has 0 saturated carbocycles. The molecule has 9 nitrogen and oxygen atoms in total. The number of halogens is 2. The third kappa shape index (κ3) is 5.02. The number of nitrogens with one attached hydrogen (secondary N) is 1. The first kappa shape index (κ1) is 23.6. The van der Waals surface area contributed by atoms with Crippen molar-refractivity contribution in [2.24, 2.45) is 0 Å². The number of para-hydroxylation sites is 1. The Bertz CT molecular complexity index is 1390. The number of hydrogen-bond donors (Lipinski definition) is 1. The number of nitro groups is 1. The van der Waals surface area contributed by atoms with E-state index in [1.165, 1.54) is 54.6 Å². The highest BCUT2D eigenvalue weighted by Gasteiger charge is 2.37. The number of benzene rings is 3. The summed E-state index contributed by atoms with van der Waals surface area (Å²) in [7, 11) is 0. The molecule has 0 aliphatic carbocycles.